The van der Waals surface area contributed by atoms with Gasteiger partial charge in [-0.15, -0.1) is 0 Å². The second-order valence-electron chi connectivity index (χ2n) is 5.51. The SMILES string of the molecule is CC12CCC(Br)(CC1)c1ccc([N+](=O)[O-])cc12. The number of rotatable bonds is 1. The van der Waals surface area contributed by atoms with Crippen LogP contribution in [0.25, 0.3) is 0 Å². The summed E-state index contributed by atoms with van der Waals surface area (Å²) < 4.78 is 0.0647. The van der Waals surface area contributed by atoms with Crippen molar-refractivity contribution < 1.29 is 4.92 Å². The monoisotopic (exact) mass is 295 g/mol. The lowest BCUT2D eigenvalue weighted by Crippen LogP contribution is -2.42. The molecule has 1 saturated carbocycles. The summed E-state index contributed by atoms with van der Waals surface area (Å²) in [5.74, 6) is 0. The number of fused-ring (bicyclic) bond motifs is 2. The number of nitro groups is 1. The molecule has 3 nitrogen and oxygen atoms in total. The van der Waals surface area contributed by atoms with Crippen molar-refractivity contribution in [2.45, 2.75) is 42.3 Å². The van der Waals surface area contributed by atoms with Crippen molar-refractivity contribution in [2.24, 2.45) is 0 Å². The largest absolute Gasteiger partial charge is 0.269 e. The summed E-state index contributed by atoms with van der Waals surface area (Å²) in [5, 5.41) is 10.9. The zero-order chi connectivity index (χ0) is 12.3. The minimum absolute atomic E-state index is 0.0647. The first-order valence-electron chi connectivity index (χ1n) is 5.93. The minimum Gasteiger partial charge on any atom is -0.258 e. The third-order valence-corrected chi connectivity index (χ3v) is 5.71. The van der Waals surface area contributed by atoms with E-state index in [1.54, 1.807) is 12.1 Å². The van der Waals surface area contributed by atoms with E-state index in [9.17, 15) is 10.1 Å². The topological polar surface area (TPSA) is 43.1 Å². The Morgan fingerprint density at radius 2 is 1.88 bits per heavy atom. The molecule has 1 aromatic carbocycles. The van der Waals surface area contributed by atoms with Gasteiger partial charge in [-0.05, 0) is 42.2 Å². The van der Waals surface area contributed by atoms with Gasteiger partial charge in [0.1, 0.15) is 0 Å². The predicted octanol–water partition coefficient (Wildman–Crippen LogP) is 4.03. The van der Waals surface area contributed by atoms with Crippen LogP contribution >= 0.6 is 15.9 Å². The van der Waals surface area contributed by atoms with Gasteiger partial charge < -0.3 is 0 Å². The maximum atomic E-state index is 10.9. The molecule has 0 aliphatic heterocycles. The van der Waals surface area contributed by atoms with Crippen molar-refractivity contribution in [3.63, 3.8) is 0 Å². The molecule has 17 heavy (non-hydrogen) atoms. The molecule has 3 aliphatic rings. The maximum absolute atomic E-state index is 10.9. The first-order valence-corrected chi connectivity index (χ1v) is 6.72. The van der Waals surface area contributed by atoms with Crippen LogP contribution in [-0.4, -0.2) is 4.92 Å². The maximum Gasteiger partial charge on any atom is 0.269 e. The van der Waals surface area contributed by atoms with Gasteiger partial charge in [0, 0.05) is 12.1 Å². The molecule has 4 rings (SSSR count). The highest BCUT2D eigenvalue weighted by Gasteiger charge is 2.49. The summed E-state index contributed by atoms with van der Waals surface area (Å²) in [6, 6.07) is 5.36. The molecular formula is C13H14BrNO2. The Hall–Kier alpha value is -0.900. The van der Waals surface area contributed by atoms with Gasteiger partial charge in [0.2, 0.25) is 0 Å². The van der Waals surface area contributed by atoms with Crippen LogP contribution in [0.2, 0.25) is 0 Å². The second kappa shape index (κ2) is 3.31. The molecule has 0 atom stereocenters. The van der Waals surface area contributed by atoms with Crippen molar-refractivity contribution in [1.29, 1.82) is 0 Å². The van der Waals surface area contributed by atoms with Gasteiger partial charge in [0.15, 0.2) is 0 Å². The van der Waals surface area contributed by atoms with Crippen molar-refractivity contribution in [3.8, 4) is 0 Å². The van der Waals surface area contributed by atoms with Crippen molar-refractivity contribution in [2.75, 3.05) is 0 Å². The molecule has 2 bridgehead atoms. The number of non-ortho nitro benzene ring substituents is 1. The number of hydrogen-bond donors (Lipinski definition) is 0. The lowest BCUT2D eigenvalue weighted by molar-refractivity contribution is -0.385. The van der Waals surface area contributed by atoms with Crippen molar-refractivity contribution in [3.05, 3.63) is 39.4 Å². The fraction of sp³-hybridized carbons (Fsp3) is 0.538. The van der Waals surface area contributed by atoms with Gasteiger partial charge in [-0.3, -0.25) is 10.1 Å². The molecule has 0 unspecified atom stereocenters. The Balaban J connectivity index is 2.23. The van der Waals surface area contributed by atoms with Crippen LogP contribution in [0.1, 0.15) is 43.7 Å². The zero-order valence-electron chi connectivity index (χ0n) is 9.70. The lowest BCUT2D eigenvalue weighted by atomic mass is 9.58. The summed E-state index contributed by atoms with van der Waals surface area (Å²) in [5.41, 5.74) is 2.80. The molecule has 0 saturated heterocycles. The van der Waals surface area contributed by atoms with Crippen LogP contribution in [0.4, 0.5) is 5.69 Å². The van der Waals surface area contributed by atoms with Crippen LogP contribution in [0, 0.1) is 10.1 Å². The van der Waals surface area contributed by atoms with E-state index in [1.807, 2.05) is 6.07 Å². The van der Waals surface area contributed by atoms with Crippen LogP contribution < -0.4 is 0 Å². The van der Waals surface area contributed by atoms with Gasteiger partial charge in [-0.25, -0.2) is 0 Å². The van der Waals surface area contributed by atoms with Gasteiger partial charge >= 0.3 is 0 Å². The molecule has 3 aliphatic carbocycles. The fourth-order valence-electron chi connectivity index (χ4n) is 3.27. The fourth-order valence-corrected chi connectivity index (χ4v) is 4.01. The van der Waals surface area contributed by atoms with Crippen LogP contribution in [0.15, 0.2) is 18.2 Å². The van der Waals surface area contributed by atoms with E-state index in [0.717, 1.165) is 25.7 Å². The Kier molecular flexibility index (Phi) is 2.18. The number of alkyl halides is 1. The molecule has 0 radical (unpaired) electrons. The number of benzene rings is 1. The van der Waals surface area contributed by atoms with Gasteiger partial charge in [0.25, 0.3) is 5.69 Å². The summed E-state index contributed by atoms with van der Waals surface area (Å²) >= 11 is 3.85. The molecule has 4 heteroatoms. The van der Waals surface area contributed by atoms with E-state index in [0.29, 0.717) is 0 Å². The molecular weight excluding hydrogens is 282 g/mol. The minimum atomic E-state index is -0.299. The van der Waals surface area contributed by atoms with Gasteiger partial charge in [0.05, 0.1) is 9.25 Å². The molecule has 90 valence electrons. The Morgan fingerprint density at radius 3 is 2.47 bits per heavy atom. The van der Waals surface area contributed by atoms with Gasteiger partial charge in [-0.2, -0.15) is 0 Å². The third kappa shape index (κ3) is 1.46. The smallest absolute Gasteiger partial charge is 0.258 e. The van der Waals surface area contributed by atoms with E-state index in [-0.39, 0.29) is 20.3 Å². The van der Waals surface area contributed by atoms with E-state index in [1.165, 1.54) is 11.1 Å². The number of nitro benzene ring substituents is 1. The molecule has 0 amide bonds. The summed E-state index contributed by atoms with van der Waals surface area (Å²) in [6.45, 7) is 2.24. The first kappa shape index (κ1) is 11.2. The standard InChI is InChI=1S/C13H14BrNO2/c1-12-4-6-13(14,7-5-12)10-3-2-9(15(16)17)8-11(10)12/h2-3,8H,4-7H2,1H3. The Labute approximate surface area is 108 Å². The second-order valence-corrected chi connectivity index (χ2v) is 7.03. The summed E-state index contributed by atoms with van der Waals surface area (Å²) in [6.07, 6.45) is 4.50. The van der Waals surface area contributed by atoms with Crippen LogP contribution in [0.5, 0.6) is 0 Å². The van der Waals surface area contributed by atoms with E-state index >= 15 is 0 Å². The lowest BCUT2D eigenvalue weighted by Gasteiger charge is -2.50. The highest BCUT2D eigenvalue weighted by molar-refractivity contribution is 9.09. The average molecular weight is 296 g/mol. The number of halogens is 1. The molecule has 0 aromatic heterocycles. The molecule has 1 aromatic rings. The van der Waals surface area contributed by atoms with Crippen molar-refractivity contribution >= 4 is 21.6 Å². The molecule has 0 heterocycles. The zero-order valence-corrected chi connectivity index (χ0v) is 11.3. The highest BCUT2D eigenvalue weighted by atomic mass is 79.9. The van der Waals surface area contributed by atoms with Crippen LogP contribution in [-0.2, 0) is 9.74 Å². The molecule has 0 N–H and O–H groups in total. The predicted molar refractivity (Wildman–Crippen MR) is 69.5 cm³/mol. The molecule has 0 spiro atoms. The normalized spacial score (nSPS) is 34.5. The van der Waals surface area contributed by atoms with E-state index in [4.69, 9.17) is 0 Å². The number of nitrogens with zero attached hydrogens (tertiary/aromatic N) is 1. The van der Waals surface area contributed by atoms with E-state index in [2.05, 4.69) is 22.9 Å². The average Bonchev–Trinajstić information content (AvgIpc) is 2.32. The van der Waals surface area contributed by atoms with Crippen LogP contribution in [0.3, 0.4) is 0 Å². The highest BCUT2D eigenvalue weighted by Crippen LogP contribution is 2.59. The number of hydrogen-bond acceptors (Lipinski definition) is 2. The first-order chi connectivity index (χ1) is 7.95. The Bertz CT molecular complexity index is 504. The summed E-state index contributed by atoms with van der Waals surface area (Å²) in [7, 11) is 0. The third-order valence-electron chi connectivity index (χ3n) is 4.49. The summed E-state index contributed by atoms with van der Waals surface area (Å²) in [4.78, 5) is 10.6. The van der Waals surface area contributed by atoms with E-state index < -0.39 is 0 Å². The van der Waals surface area contributed by atoms with Crippen molar-refractivity contribution in [1.82, 2.24) is 0 Å². The quantitative estimate of drug-likeness (QED) is 0.446. The molecule has 1 fully saturated rings. The van der Waals surface area contributed by atoms with Gasteiger partial charge in [-0.1, -0.05) is 28.9 Å². The Morgan fingerprint density at radius 1 is 1.24 bits per heavy atom.